The molecule has 0 N–H and O–H groups in total. The molecule has 2 aromatic rings. The van der Waals surface area contributed by atoms with Crippen molar-refractivity contribution in [3.63, 3.8) is 0 Å². The first-order valence-electron chi connectivity index (χ1n) is 6.15. The zero-order valence-corrected chi connectivity index (χ0v) is 10.8. The summed E-state index contributed by atoms with van der Waals surface area (Å²) in [5, 5.41) is 0. The Balaban J connectivity index is 1.98. The quantitative estimate of drug-likeness (QED) is 0.588. The third kappa shape index (κ3) is 3.85. The van der Waals surface area contributed by atoms with Crippen LogP contribution in [0.2, 0.25) is 0 Å². The van der Waals surface area contributed by atoms with Crippen molar-refractivity contribution in [3.8, 4) is 16.9 Å². The zero-order chi connectivity index (χ0) is 13.5. The largest absolute Gasteiger partial charge is 0.490 e. The molecule has 0 spiro atoms. The fourth-order valence-corrected chi connectivity index (χ4v) is 1.75. The van der Waals surface area contributed by atoms with Crippen LogP contribution in [-0.4, -0.2) is 19.7 Å². The van der Waals surface area contributed by atoms with Gasteiger partial charge in [-0.1, -0.05) is 42.0 Å². The van der Waals surface area contributed by atoms with E-state index in [1.807, 2.05) is 24.3 Å². The lowest BCUT2D eigenvalue weighted by molar-refractivity contribution is -0.129. The predicted octanol–water partition coefficient (Wildman–Crippen LogP) is 3.21. The van der Waals surface area contributed by atoms with Crippen LogP contribution >= 0.6 is 0 Å². The topological polar surface area (TPSA) is 35.5 Å². The van der Waals surface area contributed by atoms with Crippen LogP contribution in [0, 0.1) is 6.92 Å². The number of carbonyl (C=O) groups is 1. The van der Waals surface area contributed by atoms with Crippen LogP contribution in [0.1, 0.15) is 5.56 Å². The average molecular weight is 256 g/mol. The monoisotopic (exact) mass is 256 g/mol. The van der Waals surface area contributed by atoms with Crippen LogP contribution in [-0.2, 0) is 9.53 Å². The molecule has 3 nitrogen and oxygen atoms in total. The zero-order valence-electron chi connectivity index (χ0n) is 10.8. The van der Waals surface area contributed by atoms with Crippen molar-refractivity contribution < 1.29 is 14.3 Å². The number of rotatable bonds is 6. The maximum atomic E-state index is 9.96. The van der Waals surface area contributed by atoms with Gasteiger partial charge in [-0.05, 0) is 30.2 Å². The summed E-state index contributed by atoms with van der Waals surface area (Å²) in [5.74, 6) is 0.769. The molecule has 0 bridgehead atoms. The van der Waals surface area contributed by atoms with E-state index in [2.05, 4.69) is 35.9 Å². The molecule has 2 rings (SSSR count). The smallest absolute Gasteiger partial charge is 0.293 e. The van der Waals surface area contributed by atoms with Gasteiger partial charge in [-0.2, -0.15) is 0 Å². The standard InChI is InChI=1S/C16H16O3/c1-13-2-4-14(5-3-13)15-6-8-16(9-7-15)19-11-10-18-12-17/h2-9,12H,10-11H2,1H3. The Morgan fingerprint density at radius 3 is 2.05 bits per heavy atom. The Morgan fingerprint density at radius 2 is 1.47 bits per heavy atom. The molecule has 0 saturated heterocycles. The Morgan fingerprint density at radius 1 is 0.895 bits per heavy atom. The predicted molar refractivity (Wildman–Crippen MR) is 74.1 cm³/mol. The number of hydrogen-bond donors (Lipinski definition) is 0. The number of ether oxygens (including phenoxy) is 2. The van der Waals surface area contributed by atoms with Crippen molar-refractivity contribution in [1.82, 2.24) is 0 Å². The van der Waals surface area contributed by atoms with Crippen molar-refractivity contribution in [2.75, 3.05) is 13.2 Å². The highest BCUT2D eigenvalue weighted by molar-refractivity contribution is 5.64. The normalized spacial score (nSPS) is 9.95. The van der Waals surface area contributed by atoms with Crippen LogP contribution in [0.15, 0.2) is 48.5 Å². The van der Waals surface area contributed by atoms with Gasteiger partial charge in [-0.15, -0.1) is 0 Å². The van der Waals surface area contributed by atoms with E-state index < -0.39 is 0 Å². The summed E-state index contributed by atoms with van der Waals surface area (Å²) >= 11 is 0. The van der Waals surface area contributed by atoms with E-state index in [9.17, 15) is 4.79 Å². The van der Waals surface area contributed by atoms with Crippen molar-refractivity contribution >= 4 is 6.47 Å². The second-order valence-corrected chi connectivity index (χ2v) is 4.21. The fraction of sp³-hybridized carbons (Fsp3) is 0.188. The van der Waals surface area contributed by atoms with Gasteiger partial charge in [-0.3, -0.25) is 4.79 Å². The molecule has 0 saturated carbocycles. The fourth-order valence-electron chi connectivity index (χ4n) is 1.75. The summed E-state index contributed by atoms with van der Waals surface area (Å²) in [7, 11) is 0. The first kappa shape index (κ1) is 13.1. The first-order chi connectivity index (χ1) is 9.29. The van der Waals surface area contributed by atoms with Crippen LogP contribution in [0.5, 0.6) is 5.75 Å². The van der Waals surface area contributed by atoms with E-state index in [1.54, 1.807) is 0 Å². The summed E-state index contributed by atoms with van der Waals surface area (Å²) in [4.78, 5) is 9.96. The molecule has 0 aromatic heterocycles. The summed E-state index contributed by atoms with van der Waals surface area (Å²) in [6.45, 7) is 3.12. The van der Waals surface area contributed by atoms with Gasteiger partial charge in [-0.25, -0.2) is 0 Å². The van der Waals surface area contributed by atoms with Crippen LogP contribution in [0.4, 0.5) is 0 Å². The van der Waals surface area contributed by atoms with Crippen LogP contribution in [0.3, 0.4) is 0 Å². The SMILES string of the molecule is Cc1ccc(-c2ccc(OCCOC=O)cc2)cc1. The minimum atomic E-state index is 0.267. The minimum absolute atomic E-state index is 0.267. The van der Waals surface area contributed by atoms with Gasteiger partial charge in [0.15, 0.2) is 0 Å². The molecular weight excluding hydrogens is 240 g/mol. The second-order valence-electron chi connectivity index (χ2n) is 4.21. The Hall–Kier alpha value is -2.29. The van der Waals surface area contributed by atoms with Crippen molar-refractivity contribution in [2.24, 2.45) is 0 Å². The Labute approximate surface area is 112 Å². The average Bonchev–Trinajstić information content (AvgIpc) is 2.45. The highest BCUT2D eigenvalue weighted by atomic mass is 16.5. The molecule has 98 valence electrons. The molecule has 0 amide bonds. The molecule has 19 heavy (non-hydrogen) atoms. The molecular formula is C16H16O3. The molecule has 3 heteroatoms. The van der Waals surface area contributed by atoms with Gasteiger partial charge >= 0.3 is 0 Å². The third-order valence-corrected chi connectivity index (χ3v) is 2.78. The van der Waals surface area contributed by atoms with E-state index >= 15 is 0 Å². The van der Waals surface area contributed by atoms with Crippen LogP contribution in [0.25, 0.3) is 11.1 Å². The lowest BCUT2D eigenvalue weighted by Gasteiger charge is -2.07. The third-order valence-electron chi connectivity index (χ3n) is 2.78. The van der Waals surface area contributed by atoms with Crippen molar-refractivity contribution in [1.29, 1.82) is 0 Å². The molecule has 0 aliphatic carbocycles. The van der Waals surface area contributed by atoms with E-state index in [4.69, 9.17) is 4.74 Å². The molecule has 0 atom stereocenters. The summed E-state index contributed by atoms with van der Waals surface area (Å²) in [6.07, 6.45) is 0. The number of hydrogen-bond acceptors (Lipinski definition) is 3. The maximum absolute atomic E-state index is 9.96. The molecule has 0 aliphatic heterocycles. The van der Waals surface area contributed by atoms with Gasteiger partial charge in [0.05, 0.1) is 0 Å². The molecule has 2 aromatic carbocycles. The second kappa shape index (κ2) is 6.59. The highest BCUT2D eigenvalue weighted by Gasteiger charge is 1.98. The molecule has 0 radical (unpaired) electrons. The summed E-state index contributed by atoms with van der Waals surface area (Å²) in [5.41, 5.74) is 3.58. The van der Waals surface area contributed by atoms with E-state index in [-0.39, 0.29) is 6.61 Å². The minimum Gasteiger partial charge on any atom is -0.490 e. The van der Waals surface area contributed by atoms with Crippen LogP contribution < -0.4 is 4.74 Å². The lowest BCUT2D eigenvalue weighted by atomic mass is 10.0. The summed E-state index contributed by atoms with van der Waals surface area (Å²) in [6, 6.07) is 16.2. The highest BCUT2D eigenvalue weighted by Crippen LogP contribution is 2.22. The lowest BCUT2D eigenvalue weighted by Crippen LogP contribution is -2.05. The van der Waals surface area contributed by atoms with E-state index in [0.717, 1.165) is 11.3 Å². The Kier molecular flexibility index (Phi) is 4.56. The molecule has 0 heterocycles. The Bertz CT molecular complexity index is 515. The molecule has 0 unspecified atom stereocenters. The van der Waals surface area contributed by atoms with Gasteiger partial charge in [0.25, 0.3) is 6.47 Å². The maximum Gasteiger partial charge on any atom is 0.293 e. The molecule has 0 fully saturated rings. The van der Waals surface area contributed by atoms with Gasteiger partial charge in [0, 0.05) is 0 Å². The van der Waals surface area contributed by atoms with Crippen molar-refractivity contribution in [2.45, 2.75) is 6.92 Å². The number of benzene rings is 2. The van der Waals surface area contributed by atoms with Gasteiger partial charge in [0.1, 0.15) is 19.0 Å². The number of aryl methyl sites for hydroxylation is 1. The molecule has 0 aliphatic rings. The first-order valence-corrected chi connectivity index (χ1v) is 6.15. The van der Waals surface area contributed by atoms with E-state index in [1.165, 1.54) is 11.1 Å². The van der Waals surface area contributed by atoms with Crippen molar-refractivity contribution in [3.05, 3.63) is 54.1 Å². The summed E-state index contributed by atoms with van der Waals surface area (Å²) < 4.78 is 9.99. The van der Waals surface area contributed by atoms with E-state index in [0.29, 0.717) is 13.1 Å². The van der Waals surface area contributed by atoms with Gasteiger partial charge in [0.2, 0.25) is 0 Å². The number of carbonyl (C=O) groups excluding carboxylic acids is 1. The van der Waals surface area contributed by atoms with Gasteiger partial charge < -0.3 is 9.47 Å².